The van der Waals surface area contributed by atoms with E-state index in [9.17, 15) is 9.18 Å². The van der Waals surface area contributed by atoms with Gasteiger partial charge in [-0.15, -0.1) is 0 Å². The first-order chi connectivity index (χ1) is 9.69. The molecule has 4 heteroatoms. The molecule has 3 nitrogen and oxygen atoms in total. The molecule has 2 aromatic carbocycles. The molecule has 0 radical (unpaired) electrons. The van der Waals surface area contributed by atoms with Crippen molar-refractivity contribution >= 4 is 17.7 Å². The van der Waals surface area contributed by atoms with E-state index < -0.39 is 5.82 Å². The molecule has 2 rings (SSSR count). The monoisotopic (exact) mass is 271 g/mol. The molecular formula is C16H14FNO2. The van der Waals surface area contributed by atoms with E-state index in [4.69, 9.17) is 4.74 Å². The molecule has 0 saturated carbocycles. The number of ether oxygens (including phenoxy) is 1. The first-order valence-electron chi connectivity index (χ1n) is 6.06. The van der Waals surface area contributed by atoms with Crippen LogP contribution < -0.4 is 10.1 Å². The number of carbonyl (C=O) groups excluding carboxylic acids is 1. The summed E-state index contributed by atoms with van der Waals surface area (Å²) in [5, 5.41) is 2.64. The van der Waals surface area contributed by atoms with Crippen molar-refractivity contribution in [1.82, 2.24) is 0 Å². The normalized spacial score (nSPS) is 10.5. The summed E-state index contributed by atoms with van der Waals surface area (Å²) in [7, 11) is 1.42. The van der Waals surface area contributed by atoms with Crippen molar-refractivity contribution in [3.8, 4) is 5.75 Å². The highest BCUT2D eigenvalue weighted by Crippen LogP contribution is 2.24. The number of hydrogen-bond donors (Lipinski definition) is 1. The number of halogens is 1. The fraction of sp³-hybridized carbons (Fsp3) is 0.0625. The van der Waals surface area contributed by atoms with Crippen LogP contribution in [-0.2, 0) is 4.79 Å². The lowest BCUT2D eigenvalue weighted by Gasteiger charge is -2.08. The molecule has 0 fully saturated rings. The number of carbonyl (C=O) groups is 1. The number of nitrogens with one attached hydrogen (secondary N) is 1. The number of benzene rings is 2. The Hall–Kier alpha value is -2.62. The van der Waals surface area contributed by atoms with E-state index in [0.717, 1.165) is 5.56 Å². The predicted octanol–water partition coefficient (Wildman–Crippen LogP) is 3.49. The highest BCUT2D eigenvalue weighted by molar-refractivity contribution is 6.02. The zero-order chi connectivity index (χ0) is 14.4. The molecule has 0 unspecified atom stereocenters. The van der Waals surface area contributed by atoms with E-state index >= 15 is 0 Å². The van der Waals surface area contributed by atoms with Crippen molar-refractivity contribution in [2.45, 2.75) is 0 Å². The van der Waals surface area contributed by atoms with Gasteiger partial charge >= 0.3 is 0 Å². The molecule has 2 aromatic rings. The molecule has 0 aromatic heterocycles. The van der Waals surface area contributed by atoms with Gasteiger partial charge in [-0.25, -0.2) is 4.39 Å². The molecule has 20 heavy (non-hydrogen) atoms. The standard InChI is InChI=1S/C16H14FNO2/c1-20-15-11-13(17)8-9-14(15)18-16(19)10-7-12-5-3-2-4-6-12/h2-11H,1H3,(H,18,19). The van der Waals surface area contributed by atoms with Gasteiger partial charge < -0.3 is 10.1 Å². The third-order valence-electron chi connectivity index (χ3n) is 2.65. The highest BCUT2D eigenvalue weighted by Gasteiger charge is 2.06. The van der Waals surface area contributed by atoms with Crippen LogP contribution in [0.3, 0.4) is 0 Å². The summed E-state index contributed by atoms with van der Waals surface area (Å²) in [4.78, 5) is 11.8. The molecule has 0 atom stereocenters. The second-order valence-electron chi connectivity index (χ2n) is 4.08. The summed E-state index contributed by atoms with van der Waals surface area (Å²) in [6.45, 7) is 0. The number of rotatable bonds is 4. The van der Waals surface area contributed by atoms with Gasteiger partial charge in [0.1, 0.15) is 11.6 Å². The molecule has 0 aliphatic heterocycles. The first kappa shape index (κ1) is 13.8. The van der Waals surface area contributed by atoms with Crippen LogP contribution in [0.5, 0.6) is 5.75 Å². The van der Waals surface area contributed by atoms with Crippen LogP contribution in [0.4, 0.5) is 10.1 Å². The average molecular weight is 271 g/mol. The number of amides is 1. The Morgan fingerprint density at radius 2 is 1.95 bits per heavy atom. The molecular weight excluding hydrogens is 257 g/mol. The zero-order valence-electron chi connectivity index (χ0n) is 11.0. The second-order valence-corrected chi connectivity index (χ2v) is 4.08. The van der Waals surface area contributed by atoms with Gasteiger partial charge in [-0.05, 0) is 23.8 Å². The highest BCUT2D eigenvalue weighted by atomic mass is 19.1. The van der Waals surface area contributed by atoms with Gasteiger partial charge in [0.2, 0.25) is 5.91 Å². The Kier molecular flexibility index (Phi) is 4.50. The summed E-state index contributed by atoms with van der Waals surface area (Å²) in [6, 6.07) is 13.4. The van der Waals surface area contributed by atoms with Crippen LogP contribution >= 0.6 is 0 Å². The third-order valence-corrected chi connectivity index (χ3v) is 2.65. The van der Waals surface area contributed by atoms with E-state index in [1.165, 1.54) is 31.4 Å². The Morgan fingerprint density at radius 3 is 2.65 bits per heavy atom. The minimum atomic E-state index is -0.417. The van der Waals surface area contributed by atoms with Crippen LogP contribution in [0.15, 0.2) is 54.6 Å². The van der Waals surface area contributed by atoms with Crippen LogP contribution in [0, 0.1) is 5.82 Å². The van der Waals surface area contributed by atoms with Crippen LogP contribution in [-0.4, -0.2) is 13.0 Å². The van der Waals surface area contributed by atoms with Gasteiger partial charge in [0.05, 0.1) is 12.8 Å². The van der Waals surface area contributed by atoms with Crippen LogP contribution in [0.2, 0.25) is 0 Å². The van der Waals surface area contributed by atoms with Crippen molar-refractivity contribution in [3.05, 3.63) is 66.0 Å². The van der Waals surface area contributed by atoms with Crippen molar-refractivity contribution in [2.24, 2.45) is 0 Å². The molecule has 102 valence electrons. The van der Waals surface area contributed by atoms with E-state index in [1.54, 1.807) is 6.08 Å². The van der Waals surface area contributed by atoms with Crippen molar-refractivity contribution in [1.29, 1.82) is 0 Å². The van der Waals surface area contributed by atoms with Gasteiger partial charge in [0, 0.05) is 12.1 Å². The molecule has 0 saturated heterocycles. The summed E-state index contributed by atoms with van der Waals surface area (Å²) in [5.41, 5.74) is 1.35. The largest absolute Gasteiger partial charge is 0.494 e. The smallest absolute Gasteiger partial charge is 0.248 e. The van der Waals surface area contributed by atoms with Crippen LogP contribution in [0.1, 0.15) is 5.56 Å². The molecule has 0 bridgehead atoms. The lowest BCUT2D eigenvalue weighted by molar-refractivity contribution is -0.111. The molecule has 0 aliphatic carbocycles. The number of methoxy groups -OCH3 is 1. The number of anilines is 1. The fourth-order valence-corrected chi connectivity index (χ4v) is 1.68. The lowest BCUT2D eigenvalue weighted by atomic mass is 10.2. The summed E-state index contributed by atoms with van der Waals surface area (Å²) in [5.74, 6) is -0.440. The van der Waals surface area contributed by atoms with E-state index in [1.807, 2.05) is 30.3 Å². The van der Waals surface area contributed by atoms with Crippen molar-refractivity contribution < 1.29 is 13.9 Å². The van der Waals surface area contributed by atoms with Crippen molar-refractivity contribution in [3.63, 3.8) is 0 Å². The second kappa shape index (κ2) is 6.52. The summed E-state index contributed by atoms with van der Waals surface area (Å²) < 4.78 is 18.0. The van der Waals surface area contributed by atoms with Gasteiger partial charge in [-0.3, -0.25) is 4.79 Å². The zero-order valence-corrected chi connectivity index (χ0v) is 11.0. The van der Waals surface area contributed by atoms with Crippen LogP contribution in [0.25, 0.3) is 6.08 Å². The molecule has 0 aliphatic rings. The van der Waals surface area contributed by atoms with Gasteiger partial charge in [-0.1, -0.05) is 30.3 Å². The SMILES string of the molecule is COc1cc(F)ccc1NC(=O)C=Cc1ccccc1. The molecule has 1 N–H and O–H groups in total. The van der Waals surface area contributed by atoms with Crippen molar-refractivity contribution in [2.75, 3.05) is 12.4 Å². The van der Waals surface area contributed by atoms with Gasteiger partial charge in [0.25, 0.3) is 0 Å². The first-order valence-corrected chi connectivity index (χ1v) is 6.06. The maximum atomic E-state index is 13.0. The minimum absolute atomic E-state index is 0.284. The maximum Gasteiger partial charge on any atom is 0.248 e. The Morgan fingerprint density at radius 1 is 1.20 bits per heavy atom. The van der Waals surface area contributed by atoms with Gasteiger partial charge in [0.15, 0.2) is 0 Å². The Bertz CT molecular complexity index is 624. The summed E-state index contributed by atoms with van der Waals surface area (Å²) >= 11 is 0. The maximum absolute atomic E-state index is 13.0. The minimum Gasteiger partial charge on any atom is -0.494 e. The molecule has 1 amide bonds. The molecule has 0 spiro atoms. The Labute approximate surface area is 116 Å². The third kappa shape index (κ3) is 3.68. The van der Waals surface area contributed by atoms with E-state index in [2.05, 4.69) is 5.32 Å². The lowest BCUT2D eigenvalue weighted by Crippen LogP contribution is -2.09. The van der Waals surface area contributed by atoms with E-state index in [-0.39, 0.29) is 11.7 Å². The average Bonchev–Trinajstić information content (AvgIpc) is 2.48. The van der Waals surface area contributed by atoms with E-state index in [0.29, 0.717) is 5.69 Å². The fourth-order valence-electron chi connectivity index (χ4n) is 1.68. The topological polar surface area (TPSA) is 38.3 Å². The van der Waals surface area contributed by atoms with Gasteiger partial charge in [-0.2, -0.15) is 0 Å². The Balaban J connectivity index is 2.07. The summed E-state index contributed by atoms with van der Waals surface area (Å²) in [6.07, 6.45) is 3.11. The number of hydrogen-bond acceptors (Lipinski definition) is 2. The molecule has 0 heterocycles. The quantitative estimate of drug-likeness (QED) is 0.864. The predicted molar refractivity (Wildman–Crippen MR) is 77.1 cm³/mol.